The molecule has 116 valence electrons. The van der Waals surface area contributed by atoms with Crippen LogP contribution in [0.15, 0.2) is 24.3 Å². The first-order valence-corrected chi connectivity index (χ1v) is 8.06. The molecule has 1 fully saturated rings. The third kappa shape index (κ3) is 3.65. The number of rotatable bonds is 6. The molecule has 0 radical (unpaired) electrons. The number of carboxylic acid groups (broad SMARTS) is 1. The highest BCUT2D eigenvalue weighted by atomic mass is 16.4. The predicted octanol–water partition coefficient (Wildman–Crippen LogP) is 3.81. The highest BCUT2D eigenvalue weighted by molar-refractivity contribution is 5.71. The summed E-state index contributed by atoms with van der Waals surface area (Å²) < 4.78 is 0. The van der Waals surface area contributed by atoms with Crippen molar-refractivity contribution in [2.24, 2.45) is 17.8 Å². The van der Waals surface area contributed by atoms with Crippen molar-refractivity contribution in [2.75, 3.05) is 0 Å². The van der Waals surface area contributed by atoms with Gasteiger partial charge in [-0.1, -0.05) is 51.0 Å². The molecule has 4 unspecified atom stereocenters. The Morgan fingerprint density at radius 1 is 1.24 bits per heavy atom. The molecule has 0 bridgehead atoms. The van der Waals surface area contributed by atoms with Crippen molar-refractivity contribution in [1.29, 1.82) is 0 Å². The summed E-state index contributed by atoms with van der Waals surface area (Å²) >= 11 is 0. The van der Waals surface area contributed by atoms with Crippen LogP contribution in [0.4, 0.5) is 0 Å². The largest absolute Gasteiger partial charge is 0.481 e. The zero-order chi connectivity index (χ0) is 15.4. The fourth-order valence-electron chi connectivity index (χ4n) is 3.56. The zero-order valence-electron chi connectivity index (χ0n) is 13.0. The maximum atomic E-state index is 11.4. The van der Waals surface area contributed by atoms with E-state index in [9.17, 15) is 15.0 Å². The Balaban J connectivity index is 2.13. The van der Waals surface area contributed by atoms with Crippen molar-refractivity contribution in [2.45, 2.75) is 52.1 Å². The van der Waals surface area contributed by atoms with Crippen LogP contribution < -0.4 is 0 Å². The second-order valence-corrected chi connectivity index (χ2v) is 6.29. The van der Waals surface area contributed by atoms with Crippen LogP contribution in [0, 0.1) is 17.8 Å². The lowest BCUT2D eigenvalue weighted by molar-refractivity contribution is -0.144. The second-order valence-electron chi connectivity index (χ2n) is 6.29. The normalized spacial score (nSPS) is 26.7. The van der Waals surface area contributed by atoms with E-state index in [1.165, 1.54) is 5.56 Å². The van der Waals surface area contributed by atoms with E-state index in [1.807, 2.05) is 24.3 Å². The van der Waals surface area contributed by atoms with E-state index < -0.39 is 18.0 Å². The van der Waals surface area contributed by atoms with Crippen molar-refractivity contribution >= 4 is 5.97 Å². The highest BCUT2D eigenvalue weighted by Gasteiger charge is 2.42. The number of carboxylic acids is 1. The molecule has 2 N–H and O–H groups in total. The molecule has 2 rings (SSSR count). The van der Waals surface area contributed by atoms with Gasteiger partial charge in [0.05, 0.1) is 12.0 Å². The smallest absolute Gasteiger partial charge is 0.306 e. The summed E-state index contributed by atoms with van der Waals surface area (Å²) in [5.74, 6) is -0.924. The van der Waals surface area contributed by atoms with Crippen LogP contribution in [-0.4, -0.2) is 16.2 Å². The lowest BCUT2D eigenvalue weighted by Crippen LogP contribution is -2.23. The molecular formula is C18H26O3. The number of aliphatic hydroxyl groups excluding tert-OH is 1. The molecule has 0 aromatic heterocycles. The second kappa shape index (κ2) is 7.08. The minimum atomic E-state index is -0.766. The Labute approximate surface area is 127 Å². The van der Waals surface area contributed by atoms with Crippen molar-refractivity contribution in [1.82, 2.24) is 0 Å². The van der Waals surface area contributed by atoms with Crippen molar-refractivity contribution in [3.63, 3.8) is 0 Å². The van der Waals surface area contributed by atoms with Gasteiger partial charge in [-0.15, -0.1) is 0 Å². The Morgan fingerprint density at radius 3 is 2.43 bits per heavy atom. The van der Waals surface area contributed by atoms with E-state index in [1.54, 1.807) is 0 Å². The van der Waals surface area contributed by atoms with Gasteiger partial charge in [-0.2, -0.15) is 0 Å². The number of carbonyl (C=O) groups is 1. The summed E-state index contributed by atoms with van der Waals surface area (Å²) in [5, 5.41) is 20.0. The summed E-state index contributed by atoms with van der Waals surface area (Å²) in [5.41, 5.74) is 2.11. The number of aryl methyl sites for hydroxylation is 1. The fraction of sp³-hybridized carbons (Fsp3) is 0.611. The molecule has 0 amide bonds. The first kappa shape index (κ1) is 16.0. The maximum absolute atomic E-state index is 11.4. The van der Waals surface area contributed by atoms with E-state index in [-0.39, 0.29) is 5.92 Å². The summed E-state index contributed by atoms with van der Waals surface area (Å²) in [6, 6.07) is 8.00. The molecule has 1 aromatic rings. The van der Waals surface area contributed by atoms with E-state index in [0.29, 0.717) is 12.3 Å². The van der Waals surface area contributed by atoms with E-state index in [2.05, 4.69) is 13.8 Å². The molecule has 0 spiro atoms. The third-order valence-electron chi connectivity index (χ3n) is 4.87. The van der Waals surface area contributed by atoms with Crippen LogP contribution in [0.25, 0.3) is 0 Å². The van der Waals surface area contributed by atoms with Crippen LogP contribution >= 0.6 is 0 Å². The Kier molecular flexibility index (Phi) is 5.40. The minimum Gasteiger partial charge on any atom is -0.481 e. The topological polar surface area (TPSA) is 57.5 Å². The quantitative estimate of drug-likeness (QED) is 0.837. The number of aliphatic carboxylic acids is 1. The Bertz CT molecular complexity index is 466. The first-order valence-electron chi connectivity index (χ1n) is 8.06. The fourth-order valence-corrected chi connectivity index (χ4v) is 3.56. The van der Waals surface area contributed by atoms with Gasteiger partial charge in [0.15, 0.2) is 0 Å². The number of hydrogen-bond donors (Lipinski definition) is 2. The van der Waals surface area contributed by atoms with Gasteiger partial charge in [0, 0.05) is 5.92 Å². The molecule has 0 aliphatic heterocycles. The number of benzene rings is 1. The van der Waals surface area contributed by atoms with Crippen LogP contribution in [0.3, 0.4) is 0 Å². The highest BCUT2D eigenvalue weighted by Crippen LogP contribution is 2.44. The van der Waals surface area contributed by atoms with Gasteiger partial charge in [0.25, 0.3) is 0 Å². The van der Waals surface area contributed by atoms with Gasteiger partial charge in [0.1, 0.15) is 0 Å². The molecule has 4 atom stereocenters. The summed E-state index contributed by atoms with van der Waals surface area (Å²) in [4.78, 5) is 11.4. The van der Waals surface area contributed by atoms with Crippen LogP contribution in [0.5, 0.6) is 0 Å². The summed E-state index contributed by atoms with van der Waals surface area (Å²) in [6.07, 6.45) is 3.97. The average Bonchev–Trinajstić information content (AvgIpc) is 2.92. The van der Waals surface area contributed by atoms with Gasteiger partial charge in [-0.25, -0.2) is 0 Å². The van der Waals surface area contributed by atoms with Crippen molar-refractivity contribution in [3.05, 3.63) is 35.4 Å². The molecule has 3 nitrogen and oxygen atoms in total. The number of aliphatic hydroxyl groups is 1. The summed E-state index contributed by atoms with van der Waals surface area (Å²) in [7, 11) is 0. The lowest BCUT2D eigenvalue weighted by Gasteiger charge is -2.22. The van der Waals surface area contributed by atoms with E-state index in [4.69, 9.17) is 0 Å². The van der Waals surface area contributed by atoms with Crippen LogP contribution in [-0.2, 0) is 11.2 Å². The number of hydrogen-bond acceptors (Lipinski definition) is 2. The molecule has 0 saturated heterocycles. The molecule has 1 aliphatic rings. The minimum absolute atomic E-state index is 0.163. The SMILES string of the molecule is CCCc1ccc(C(O)C2CC(CC)CC2C(=O)O)cc1. The molecule has 1 aliphatic carbocycles. The first-order chi connectivity index (χ1) is 10.1. The summed E-state index contributed by atoms with van der Waals surface area (Å²) in [6.45, 7) is 4.24. The van der Waals surface area contributed by atoms with Crippen molar-refractivity contribution < 1.29 is 15.0 Å². The van der Waals surface area contributed by atoms with Gasteiger partial charge >= 0.3 is 5.97 Å². The molecule has 21 heavy (non-hydrogen) atoms. The molecule has 1 saturated carbocycles. The van der Waals surface area contributed by atoms with E-state index >= 15 is 0 Å². The van der Waals surface area contributed by atoms with Gasteiger partial charge < -0.3 is 10.2 Å². The third-order valence-corrected chi connectivity index (χ3v) is 4.87. The predicted molar refractivity (Wildman–Crippen MR) is 83.0 cm³/mol. The molecular weight excluding hydrogens is 264 g/mol. The Hall–Kier alpha value is -1.35. The standard InChI is InChI=1S/C18H26O3/c1-3-5-13-6-8-14(9-7-13)17(19)15-10-12(4-2)11-16(15)18(20)21/h6-9,12,15-17,19H,3-5,10-11H2,1-2H3,(H,20,21). The molecule has 0 heterocycles. The van der Waals surface area contributed by atoms with Crippen LogP contribution in [0.2, 0.25) is 0 Å². The lowest BCUT2D eigenvalue weighted by atomic mass is 9.86. The van der Waals surface area contributed by atoms with Crippen LogP contribution in [0.1, 0.15) is 56.8 Å². The molecule has 1 aromatic carbocycles. The zero-order valence-corrected chi connectivity index (χ0v) is 13.0. The van der Waals surface area contributed by atoms with Crippen molar-refractivity contribution in [3.8, 4) is 0 Å². The van der Waals surface area contributed by atoms with E-state index in [0.717, 1.165) is 31.2 Å². The maximum Gasteiger partial charge on any atom is 0.306 e. The van der Waals surface area contributed by atoms with Gasteiger partial charge in [0.2, 0.25) is 0 Å². The molecule has 3 heteroatoms. The average molecular weight is 290 g/mol. The van der Waals surface area contributed by atoms with Gasteiger partial charge in [-0.3, -0.25) is 4.79 Å². The van der Waals surface area contributed by atoms with Gasteiger partial charge in [-0.05, 0) is 36.3 Å². The Morgan fingerprint density at radius 2 is 1.90 bits per heavy atom. The monoisotopic (exact) mass is 290 g/mol.